The zero-order valence-corrected chi connectivity index (χ0v) is 8.57. The minimum atomic E-state index is -0.265. The van der Waals surface area contributed by atoms with Gasteiger partial charge < -0.3 is 4.74 Å². The van der Waals surface area contributed by atoms with Gasteiger partial charge in [-0.15, -0.1) is 5.10 Å². The summed E-state index contributed by atoms with van der Waals surface area (Å²) in [5.74, 6) is 0.238. The largest absolute Gasteiger partial charge is 0.479 e. The zero-order chi connectivity index (χ0) is 10.8. The van der Waals surface area contributed by atoms with Crippen LogP contribution >= 0.6 is 0 Å². The summed E-state index contributed by atoms with van der Waals surface area (Å²) in [5, 5.41) is 4.11. The van der Waals surface area contributed by atoms with Gasteiger partial charge >= 0.3 is 0 Å². The van der Waals surface area contributed by atoms with Crippen molar-refractivity contribution in [1.29, 1.82) is 0 Å². The van der Waals surface area contributed by atoms with Gasteiger partial charge in [0.1, 0.15) is 5.82 Å². The van der Waals surface area contributed by atoms with E-state index in [0.717, 1.165) is 11.1 Å². The lowest BCUT2D eigenvalue weighted by atomic mass is 10.1. The zero-order valence-electron chi connectivity index (χ0n) is 8.57. The smallest absolute Gasteiger partial charge is 0.240 e. The van der Waals surface area contributed by atoms with Crippen molar-refractivity contribution in [3.05, 3.63) is 36.3 Å². The highest BCUT2D eigenvalue weighted by Gasteiger charge is 2.10. The van der Waals surface area contributed by atoms with Crippen LogP contribution in [0.25, 0.3) is 11.1 Å². The average molecular weight is 206 g/mol. The Hall–Kier alpha value is -1.84. The Bertz CT molecular complexity index is 479. The number of rotatable bonds is 2. The molecule has 1 heterocycles. The van der Waals surface area contributed by atoms with Crippen molar-refractivity contribution in [1.82, 2.24) is 9.78 Å². The van der Waals surface area contributed by atoms with Gasteiger partial charge in [0.05, 0.1) is 12.7 Å². The number of hydrogen-bond acceptors (Lipinski definition) is 2. The summed E-state index contributed by atoms with van der Waals surface area (Å²) in [7, 11) is 3.34. The molecule has 0 aliphatic rings. The van der Waals surface area contributed by atoms with Crippen molar-refractivity contribution in [2.24, 2.45) is 7.05 Å². The van der Waals surface area contributed by atoms with E-state index in [-0.39, 0.29) is 5.82 Å². The van der Waals surface area contributed by atoms with Crippen LogP contribution in [-0.2, 0) is 7.05 Å². The minimum Gasteiger partial charge on any atom is -0.479 e. The summed E-state index contributed by atoms with van der Waals surface area (Å²) in [4.78, 5) is 0. The monoisotopic (exact) mass is 206 g/mol. The summed E-state index contributed by atoms with van der Waals surface area (Å²) in [6.45, 7) is 0. The molecule has 0 aliphatic carbocycles. The van der Waals surface area contributed by atoms with E-state index >= 15 is 0 Å². The SMILES string of the molecule is COc1nn(C)cc1-c1cccc(F)c1. The molecule has 0 N–H and O–H groups in total. The normalized spacial score (nSPS) is 10.3. The highest BCUT2D eigenvalue weighted by atomic mass is 19.1. The predicted octanol–water partition coefficient (Wildman–Crippen LogP) is 2.23. The third-order valence-corrected chi connectivity index (χ3v) is 2.12. The lowest BCUT2D eigenvalue weighted by Crippen LogP contribution is -1.89. The first kappa shape index (κ1) is 9.71. The maximum Gasteiger partial charge on any atom is 0.240 e. The van der Waals surface area contributed by atoms with Crippen LogP contribution < -0.4 is 4.74 Å². The first-order valence-corrected chi connectivity index (χ1v) is 4.54. The fourth-order valence-electron chi connectivity index (χ4n) is 1.47. The number of hydrogen-bond donors (Lipinski definition) is 0. The number of aryl methyl sites for hydroxylation is 1. The molecule has 0 unspecified atom stereocenters. The average Bonchev–Trinajstić information content (AvgIpc) is 2.59. The second-order valence-electron chi connectivity index (χ2n) is 3.24. The molecule has 0 saturated heterocycles. The molecule has 4 heteroatoms. The van der Waals surface area contributed by atoms with Crippen molar-refractivity contribution >= 4 is 0 Å². The Labute approximate surface area is 87.1 Å². The van der Waals surface area contributed by atoms with Gasteiger partial charge in [-0.25, -0.2) is 4.39 Å². The quantitative estimate of drug-likeness (QED) is 0.753. The maximum absolute atomic E-state index is 13.0. The second kappa shape index (κ2) is 3.73. The van der Waals surface area contributed by atoms with E-state index < -0.39 is 0 Å². The van der Waals surface area contributed by atoms with E-state index in [1.165, 1.54) is 12.1 Å². The Kier molecular flexibility index (Phi) is 2.41. The van der Waals surface area contributed by atoms with Gasteiger partial charge in [-0.1, -0.05) is 12.1 Å². The molecular weight excluding hydrogens is 195 g/mol. The molecule has 15 heavy (non-hydrogen) atoms. The molecule has 78 valence electrons. The molecule has 2 rings (SSSR count). The van der Waals surface area contributed by atoms with Crippen LogP contribution in [0, 0.1) is 5.82 Å². The van der Waals surface area contributed by atoms with E-state index in [1.807, 2.05) is 6.07 Å². The van der Waals surface area contributed by atoms with Crippen LogP contribution in [0.2, 0.25) is 0 Å². The Balaban J connectivity index is 2.53. The number of ether oxygens (including phenoxy) is 1. The van der Waals surface area contributed by atoms with Crippen LogP contribution in [0.5, 0.6) is 5.88 Å². The van der Waals surface area contributed by atoms with Crippen molar-refractivity contribution < 1.29 is 9.13 Å². The molecule has 0 atom stereocenters. The summed E-state index contributed by atoms with van der Waals surface area (Å²) in [6, 6.07) is 6.35. The Morgan fingerprint density at radius 1 is 1.40 bits per heavy atom. The summed E-state index contributed by atoms with van der Waals surface area (Å²) in [6.07, 6.45) is 1.80. The number of halogens is 1. The predicted molar refractivity (Wildman–Crippen MR) is 55.2 cm³/mol. The highest BCUT2D eigenvalue weighted by Crippen LogP contribution is 2.28. The molecule has 0 aliphatic heterocycles. The molecule has 1 aromatic carbocycles. The third-order valence-electron chi connectivity index (χ3n) is 2.12. The highest BCUT2D eigenvalue weighted by molar-refractivity contribution is 5.67. The van der Waals surface area contributed by atoms with E-state index in [4.69, 9.17) is 4.74 Å². The molecule has 0 saturated carbocycles. The van der Waals surface area contributed by atoms with Crippen molar-refractivity contribution in [2.45, 2.75) is 0 Å². The van der Waals surface area contributed by atoms with Crippen molar-refractivity contribution in [3.63, 3.8) is 0 Å². The lowest BCUT2D eigenvalue weighted by molar-refractivity contribution is 0.393. The van der Waals surface area contributed by atoms with Crippen LogP contribution in [0.15, 0.2) is 30.5 Å². The molecule has 0 amide bonds. The molecule has 0 bridgehead atoms. The Morgan fingerprint density at radius 2 is 2.20 bits per heavy atom. The van der Waals surface area contributed by atoms with Gasteiger partial charge in [-0.2, -0.15) is 0 Å². The summed E-state index contributed by atoms with van der Waals surface area (Å²) < 4.78 is 19.8. The van der Waals surface area contributed by atoms with Gasteiger partial charge in [-0.3, -0.25) is 4.68 Å². The van der Waals surface area contributed by atoms with Gasteiger partial charge in [0, 0.05) is 13.2 Å². The number of methoxy groups -OCH3 is 1. The fourth-order valence-corrected chi connectivity index (χ4v) is 1.47. The number of aromatic nitrogens is 2. The molecule has 1 aromatic heterocycles. The van der Waals surface area contributed by atoms with Gasteiger partial charge in [-0.05, 0) is 17.7 Å². The van der Waals surface area contributed by atoms with E-state index in [1.54, 1.807) is 31.1 Å². The number of benzene rings is 1. The van der Waals surface area contributed by atoms with Crippen LogP contribution in [0.4, 0.5) is 4.39 Å². The number of nitrogens with zero attached hydrogens (tertiary/aromatic N) is 2. The molecule has 3 nitrogen and oxygen atoms in total. The molecule has 0 radical (unpaired) electrons. The van der Waals surface area contributed by atoms with Gasteiger partial charge in [0.2, 0.25) is 5.88 Å². The van der Waals surface area contributed by atoms with Crippen LogP contribution in [0.1, 0.15) is 0 Å². The Morgan fingerprint density at radius 3 is 2.87 bits per heavy atom. The van der Waals surface area contributed by atoms with Crippen LogP contribution in [-0.4, -0.2) is 16.9 Å². The van der Waals surface area contributed by atoms with Gasteiger partial charge in [0.25, 0.3) is 0 Å². The van der Waals surface area contributed by atoms with E-state index in [2.05, 4.69) is 5.10 Å². The molecule has 0 fully saturated rings. The van der Waals surface area contributed by atoms with Crippen LogP contribution in [0.3, 0.4) is 0 Å². The van der Waals surface area contributed by atoms with Crippen molar-refractivity contribution in [2.75, 3.05) is 7.11 Å². The molecular formula is C11H11FN2O. The van der Waals surface area contributed by atoms with Gasteiger partial charge in [0.15, 0.2) is 0 Å². The minimum absolute atomic E-state index is 0.265. The summed E-state index contributed by atoms with van der Waals surface area (Å²) in [5.41, 5.74) is 1.56. The summed E-state index contributed by atoms with van der Waals surface area (Å²) >= 11 is 0. The van der Waals surface area contributed by atoms with E-state index in [0.29, 0.717) is 5.88 Å². The lowest BCUT2D eigenvalue weighted by Gasteiger charge is -2.00. The first-order valence-electron chi connectivity index (χ1n) is 4.54. The fraction of sp³-hybridized carbons (Fsp3) is 0.182. The molecule has 0 spiro atoms. The third kappa shape index (κ3) is 1.83. The molecule has 2 aromatic rings. The standard InChI is InChI=1S/C11H11FN2O/c1-14-7-10(11(13-14)15-2)8-4-3-5-9(12)6-8/h3-7H,1-2H3. The maximum atomic E-state index is 13.0. The first-order chi connectivity index (χ1) is 7.20. The topological polar surface area (TPSA) is 27.1 Å². The van der Waals surface area contributed by atoms with E-state index in [9.17, 15) is 4.39 Å². The second-order valence-corrected chi connectivity index (χ2v) is 3.24. The van der Waals surface area contributed by atoms with Crippen molar-refractivity contribution in [3.8, 4) is 17.0 Å².